The molecular weight excluding hydrogens is 230 g/mol. The van der Waals surface area contributed by atoms with Gasteiger partial charge in [0.05, 0.1) is 0 Å². The van der Waals surface area contributed by atoms with Gasteiger partial charge in [-0.3, -0.25) is 0 Å². The summed E-state index contributed by atoms with van der Waals surface area (Å²) >= 11 is 0. The summed E-state index contributed by atoms with van der Waals surface area (Å²) in [5, 5.41) is 32.4. The fourth-order valence-electron chi connectivity index (χ4n) is 1.73. The van der Waals surface area contributed by atoms with E-state index in [1.807, 2.05) is 0 Å². The van der Waals surface area contributed by atoms with Crippen LogP contribution in [0.2, 0.25) is 0 Å². The molecule has 3 N–H and O–H groups in total. The Kier molecular flexibility index (Phi) is 3.41. The average molecular weight is 243 g/mol. The zero-order valence-corrected chi connectivity index (χ0v) is 9.56. The maximum absolute atomic E-state index is 10.2. The lowest BCUT2D eigenvalue weighted by molar-refractivity contribution is -0.106. The molecule has 0 aliphatic heterocycles. The molecule has 0 saturated heterocycles. The quantitative estimate of drug-likeness (QED) is 0.332. The van der Waals surface area contributed by atoms with Crippen LogP contribution in [0.4, 0.5) is 0 Å². The van der Waals surface area contributed by atoms with E-state index in [0.717, 1.165) is 0 Å². The number of benzene rings is 2. The molecule has 0 unspecified atom stereocenters. The van der Waals surface area contributed by atoms with Crippen LogP contribution in [0.25, 0.3) is 0 Å². The highest BCUT2D eigenvalue weighted by molar-refractivity contribution is 6.05. The normalized spacial score (nSPS) is 12.4. The van der Waals surface area contributed by atoms with E-state index < -0.39 is 5.79 Å². The van der Waals surface area contributed by atoms with Crippen molar-refractivity contribution in [2.24, 2.45) is 5.16 Å². The Bertz CT molecular complexity index is 535. The van der Waals surface area contributed by atoms with Crippen LogP contribution in [0.5, 0.6) is 0 Å². The summed E-state index contributed by atoms with van der Waals surface area (Å²) in [5.41, 5.74) is 0.463. The minimum absolute atomic E-state index is 0.214. The molecule has 0 fully saturated rings. The average Bonchev–Trinajstić information content (AvgIpc) is 2.41. The van der Waals surface area contributed by atoms with Crippen LogP contribution in [0.1, 0.15) is 11.1 Å². The van der Waals surface area contributed by atoms with E-state index >= 15 is 0 Å². The number of nitrogens with zero attached hydrogens (tertiary/aromatic N) is 1. The molecule has 0 heterocycles. The van der Waals surface area contributed by atoms with E-state index in [1.54, 1.807) is 60.7 Å². The molecule has 0 aromatic heterocycles. The summed E-state index contributed by atoms with van der Waals surface area (Å²) in [6, 6.07) is 16.7. The van der Waals surface area contributed by atoms with Gasteiger partial charge in [-0.05, 0) is 0 Å². The molecule has 4 heteroatoms. The standard InChI is InChI=1S/C14H13NO3/c16-14(17,12-9-5-2-6-10-12)13(15-18)11-7-3-1-4-8-11/h1-10,16-18H. The summed E-state index contributed by atoms with van der Waals surface area (Å²) in [7, 11) is 0. The van der Waals surface area contributed by atoms with Crippen molar-refractivity contribution < 1.29 is 15.4 Å². The van der Waals surface area contributed by atoms with E-state index in [1.165, 1.54) is 0 Å². The smallest absolute Gasteiger partial charge is 0.238 e. The Labute approximate surface area is 104 Å². The molecule has 4 nitrogen and oxygen atoms in total. The fraction of sp³-hybridized carbons (Fsp3) is 0.0714. The molecule has 2 aromatic carbocycles. The number of hydrogen-bond acceptors (Lipinski definition) is 4. The monoisotopic (exact) mass is 243 g/mol. The van der Waals surface area contributed by atoms with Crippen molar-refractivity contribution >= 4 is 5.71 Å². The zero-order valence-electron chi connectivity index (χ0n) is 9.56. The molecule has 0 bridgehead atoms. The van der Waals surface area contributed by atoms with Gasteiger partial charge in [0.15, 0.2) is 5.71 Å². The van der Waals surface area contributed by atoms with Crippen LogP contribution in [0.3, 0.4) is 0 Å². The Balaban J connectivity index is 2.46. The lowest BCUT2D eigenvalue weighted by Gasteiger charge is -2.23. The van der Waals surface area contributed by atoms with Crippen molar-refractivity contribution in [2.45, 2.75) is 5.79 Å². The van der Waals surface area contributed by atoms with E-state index in [-0.39, 0.29) is 11.3 Å². The Morgan fingerprint density at radius 1 is 0.833 bits per heavy atom. The van der Waals surface area contributed by atoms with Crippen LogP contribution in [-0.4, -0.2) is 21.1 Å². The lowest BCUT2D eigenvalue weighted by atomic mass is 9.95. The maximum atomic E-state index is 10.2. The summed E-state index contributed by atoms with van der Waals surface area (Å²) in [4.78, 5) is 0. The molecule has 2 rings (SSSR count). The summed E-state index contributed by atoms with van der Waals surface area (Å²) in [6.45, 7) is 0. The molecule has 18 heavy (non-hydrogen) atoms. The molecule has 0 aliphatic carbocycles. The predicted molar refractivity (Wildman–Crippen MR) is 67.3 cm³/mol. The van der Waals surface area contributed by atoms with E-state index in [9.17, 15) is 10.2 Å². The van der Waals surface area contributed by atoms with Gasteiger partial charge < -0.3 is 15.4 Å². The molecular formula is C14H13NO3. The van der Waals surface area contributed by atoms with Crippen molar-refractivity contribution in [3.8, 4) is 0 Å². The molecule has 0 aliphatic rings. The molecule has 0 spiro atoms. The minimum Gasteiger partial charge on any atom is -0.410 e. The number of rotatable bonds is 3. The SMILES string of the molecule is ON=C(c1ccccc1)C(O)(O)c1ccccc1. The van der Waals surface area contributed by atoms with Crippen LogP contribution >= 0.6 is 0 Å². The van der Waals surface area contributed by atoms with Gasteiger partial charge in [-0.25, -0.2) is 0 Å². The van der Waals surface area contributed by atoms with Gasteiger partial charge in [-0.1, -0.05) is 65.8 Å². The van der Waals surface area contributed by atoms with Gasteiger partial charge in [-0.15, -0.1) is 0 Å². The molecule has 0 radical (unpaired) electrons. The van der Waals surface area contributed by atoms with Crippen LogP contribution in [-0.2, 0) is 5.79 Å². The van der Waals surface area contributed by atoms with Gasteiger partial charge >= 0.3 is 0 Å². The first-order valence-corrected chi connectivity index (χ1v) is 5.44. The maximum Gasteiger partial charge on any atom is 0.238 e. The van der Waals surface area contributed by atoms with Gasteiger partial charge in [-0.2, -0.15) is 0 Å². The predicted octanol–water partition coefficient (Wildman–Crippen LogP) is 1.70. The number of hydrogen-bond donors (Lipinski definition) is 3. The minimum atomic E-state index is -2.34. The van der Waals surface area contributed by atoms with Crippen molar-refractivity contribution in [3.63, 3.8) is 0 Å². The Morgan fingerprint density at radius 3 is 1.83 bits per heavy atom. The molecule has 0 amide bonds. The highest BCUT2D eigenvalue weighted by Gasteiger charge is 2.34. The van der Waals surface area contributed by atoms with Gasteiger partial charge in [0.25, 0.3) is 0 Å². The summed E-state index contributed by atoms with van der Waals surface area (Å²) < 4.78 is 0. The summed E-state index contributed by atoms with van der Waals surface area (Å²) in [6.07, 6.45) is 0. The fourth-order valence-corrected chi connectivity index (χ4v) is 1.73. The van der Waals surface area contributed by atoms with E-state index in [2.05, 4.69) is 5.16 Å². The van der Waals surface area contributed by atoms with Crippen molar-refractivity contribution in [3.05, 3.63) is 71.8 Å². The number of aliphatic hydroxyl groups is 2. The third-order valence-electron chi connectivity index (χ3n) is 2.65. The van der Waals surface area contributed by atoms with Gasteiger partial charge in [0.2, 0.25) is 5.79 Å². The lowest BCUT2D eigenvalue weighted by Crippen LogP contribution is -2.36. The highest BCUT2D eigenvalue weighted by Crippen LogP contribution is 2.23. The first-order chi connectivity index (χ1) is 8.66. The molecule has 0 saturated carbocycles. The van der Waals surface area contributed by atoms with Crippen molar-refractivity contribution in [2.75, 3.05) is 0 Å². The van der Waals surface area contributed by atoms with Gasteiger partial charge in [0.1, 0.15) is 0 Å². The van der Waals surface area contributed by atoms with Gasteiger partial charge in [0, 0.05) is 11.1 Å². The molecule has 92 valence electrons. The second kappa shape index (κ2) is 5.00. The molecule has 0 atom stereocenters. The van der Waals surface area contributed by atoms with Crippen LogP contribution in [0, 0.1) is 0 Å². The Hall–Kier alpha value is -2.17. The molecule has 2 aromatic rings. The zero-order chi connectivity index (χ0) is 13.0. The van der Waals surface area contributed by atoms with Crippen LogP contribution in [0.15, 0.2) is 65.8 Å². The third-order valence-corrected chi connectivity index (χ3v) is 2.65. The van der Waals surface area contributed by atoms with Crippen molar-refractivity contribution in [1.29, 1.82) is 0 Å². The van der Waals surface area contributed by atoms with Crippen molar-refractivity contribution in [1.82, 2.24) is 0 Å². The second-order valence-corrected chi connectivity index (χ2v) is 3.85. The van der Waals surface area contributed by atoms with E-state index in [0.29, 0.717) is 5.56 Å². The first kappa shape index (κ1) is 12.3. The first-order valence-electron chi connectivity index (χ1n) is 5.44. The highest BCUT2D eigenvalue weighted by atomic mass is 16.5. The second-order valence-electron chi connectivity index (χ2n) is 3.85. The summed E-state index contributed by atoms with van der Waals surface area (Å²) in [5.74, 6) is -2.34. The largest absolute Gasteiger partial charge is 0.410 e. The Morgan fingerprint density at radius 2 is 1.33 bits per heavy atom. The van der Waals surface area contributed by atoms with Crippen LogP contribution < -0.4 is 0 Å². The topological polar surface area (TPSA) is 73.1 Å². The van der Waals surface area contributed by atoms with E-state index in [4.69, 9.17) is 5.21 Å². The number of oxime groups is 1. The third kappa shape index (κ3) is 2.25.